The molecule has 25 heavy (non-hydrogen) atoms. The zero-order valence-corrected chi connectivity index (χ0v) is 16.1. The van der Waals surface area contributed by atoms with Crippen LogP contribution in [0.15, 0.2) is 46.9 Å². The molecule has 0 amide bonds. The van der Waals surface area contributed by atoms with Gasteiger partial charge in [0, 0.05) is 21.2 Å². The van der Waals surface area contributed by atoms with Crippen LogP contribution in [-0.4, -0.2) is 23.8 Å². The zero-order chi connectivity index (χ0) is 18.0. The van der Waals surface area contributed by atoms with E-state index in [1.807, 2.05) is 63.2 Å². The molecule has 0 atom stereocenters. The molecule has 130 valence electrons. The fraction of sp³-hybridized carbons (Fsp3) is 0.250. The van der Waals surface area contributed by atoms with E-state index in [-0.39, 0.29) is 5.97 Å². The van der Waals surface area contributed by atoms with Crippen LogP contribution in [0.4, 0.5) is 0 Å². The topological polar surface area (TPSA) is 40.5 Å². The summed E-state index contributed by atoms with van der Waals surface area (Å²) in [6.07, 6.45) is 0. The van der Waals surface area contributed by atoms with E-state index in [0.717, 1.165) is 32.5 Å². The third-order valence-electron chi connectivity index (χ3n) is 4.05. The summed E-state index contributed by atoms with van der Waals surface area (Å²) in [6, 6.07) is 13.8. The van der Waals surface area contributed by atoms with Gasteiger partial charge in [-0.25, -0.2) is 4.79 Å². The van der Waals surface area contributed by atoms with Gasteiger partial charge >= 0.3 is 5.97 Å². The normalized spacial score (nSPS) is 10.9. The highest BCUT2D eigenvalue weighted by atomic mass is 79.9. The predicted molar refractivity (Wildman–Crippen MR) is 103 cm³/mol. The van der Waals surface area contributed by atoms with E-state index < -0.39 is 0 Å². The van der Waals surface area contributed by atoms with Crippen LogP contribution in [0.1, 0.15) is 29.9 Å². The average Bonchev–Trinajstić information content (AvgIpc) is 2.88. The van der Waals surface area contributed by atoms with Crippen LogP contribution in [0.5, 0.6) is 5.75 Å². The van der Waals surface area contributed by atoms with Crippen molar-refractivity contribution >= 4 is 32.8 Å². The van der Waals surface area contributed by atoms with Crippen LogP contribution in [-0.2, 0) is 4.74 Å². The van der Waals surface area contributed by atoms with Gasteiger partial charge in [0.15, 0.2) is 0 Å². The molecule has 1 aromatic heterocycles. The lowest BCUT2D eigenvalue weighted by Crippen LogP contribution is -2.07. The molecule has 2 aromatic carbocycles. The van der Waals surface area contributed by atoms with E-state index >= 15 is 0 Å². The Labute approximate surface area is 155 Å². The first-order chi connectivity index (χ1) is 12.1. The minimum atomic E-state index is -0.311. The molecule has 0 N–H and O–H groups in total. The molecule has 0 saturated heterocycles. The Bertz CT molecular complexity index is 913. The number of rotatable bonds is 5. The van der Waals surface area contributed by atoms with E-state index in [4.69, 9.17) is 9.47 Å². The minimum absolute atomic E-state index is 0.311. The fourth-order valence-corrected chi connectivity index (χ4v) is 3.30. The Balaban J connectivity index is 2.28. The zero-order valence-electron chi connectivity index (χ0n) is 14.5. The molecule has 1 heterocycles. The molecule has 3 aromatic rings. The largest absolute Gasteiger partial charge is 0.494 e. The van der Waals surface area contributed by atoms with Crippen LogP contribution in [0.3, 0.4) is 0 Å². The Morgan fingerprint density at radius 1 is 1.08 bits per heavy atom. The van der Waals surface area contributed by atoms with Crippen molar-refractivity contribution in [2.24, 2.45) is 0 Å². The molecule has 0 saturated carbocycles. The first-order valence-corrected chi connectivity index (χ1v) is 9.07. The summed E-state index contributed by atoms with van der Waals surface area (Å²) in [7, 11) is 0. The molecule has 0 radical (unpaired) electrons. The molecule has 4 nitrogen and oxygen atoms in total. The van der Waals surface area contributed by atoms with Gasteiger partial charge in [0.25, 0.3) is 0 Å². The molecule has 0 spiro atoms. The fourth-order valence-electron chi connectivity index (χ4n) is 3.04. The van der Waals surface area contributed by atoms with Crippen molar-refractivity contribution in [3.63, 3.8) is 0 Å². The highest BCUT2D eigenvalue weighted by Gasteiger charge is 2.22. The van der Waals surface area contributed by atoms with Crippen molar-refractivity contribution in [1.29, 1.82) is 0 Å². The molecule has 0 bridgehead atoms. The third kappa shape index (κ3) is 3.29. The average molecular weight is 402 g/mol. The quantitative estimate of drug-likeness (QED) is 0.546. The Morgan fingerprint density at radius 3 is 2.44 bits per heavy atom. The van der Waals surface area contributed by atoms with Crippen molar-refractivity contribution in [2.45, 2.75) is 20.8 Å². The number of esters is 1. The lowest BCUT2D eigenvalue weighted by Gasteiger charge is -2.09. The van der Waals surface area contributed by atoms with Crippen LogP contribution in [0.2, 0.25) is 0 Å². The number of nitrogens with zero attached hydrogens (tertiary/aromatic N) is 1. The summed E-state index contributed by atoms with van der Waals surface area (Å²) in [5, 5.41) is 0.838. The number of benzene rings is 2. The van der Waals surface area contributed by atoms with Crippen LogP contribution < -0.4 is 4.74 Å². The van der Waals surface area contributed by atoms with E-state index in [9.17, 15) is 4.79 Å². The van der Waals surface area contributed by atoms with Crippen molar-refractivity contribution in [3.05, 3.63) is 58.2 Å². The number of carbonyl (C=O) groups excluding carboxylic acids is 1. The Morgan fingerprint density at radius 2 is 1.80 bits per heavy atom. The smallest absolute Gasteiger partial charge is 0.340 e. The molecular weight excluding hydrogens is 382 g/mol. The summed E-state index contributed by atoms with van der Waals surface area (Å²) in [6.45, 7) is 6.61. The number of fused-ring (bicyclic) bond motifs is 1. The second kappa shape index (κ2) is 7.31. The number of hydrogen-bond donors (Lipinski definition) is 0. The maximum absolute atomic E-state index is 12.6. The Hall–Kier alpha value is -2.27. The molecule has 0 aliphatic carbocycles. The van der Waals surface area contributed by atoms with Gasteiger partial charge in [0.05, 0.1) is 24.3 Å². The maximum Gasteiger partial charge on any atom is 0.340 e. The third-order valence-corrected chi connectivity index (χ3v) is 4.58. The molecule has 0 unspecified atom stereocenters. The summed E-state index contributed by atoms with van der Waals surface area (Å²) >= 11 is 3.46. The number of aromatic nitrogens is 1. The highest BCUT2D eigenvalue weighted by Crippen LogP contribution is 2.33. The number of ether oxygens (including phenoxy) is 2. The number of carbonyl (C=O) groups is 1. The maximum atomic E-state index is 12.6. The first-order valence-electron chi connectivity index (χ1n) is 8.27. The highest BCUT2D eigenvalue weighted by molar-refractivity contribution is 9.10. The van der Waals surface area contributed by atoms with Gasteiger partial charge in [-0.15, -0.1) is 0 Å². The van der Waals surface area contributed by atoms with Crippen LogP contribution >= 0.6 is 15.9 Å². The summed E-state index contributed by atoms with van der Waals surface area (Å²) in [4.78, 5) is 12.6. The van der Waals surface area contributed by atoms with Crippen LogP contribution in [0, 0.1) is 6.92 Å². The monoisotopic (exact) mass is 401 g/mol. The number of halogens is 1. The first kappa shape index (κ1) is 17.5. The molecular formula is C20H20BrNO3. The lowest BCUT2D eigenvalue weighted by molar-refractivity contribution is 0.0527. The minimum Gasteiger partial charge on any atom is -0.494 e. The summed E-state index contributed by atoms with van der Waals surface area (Å²) < 4.78 is 14.0. The van der Waals surface area contributed by atoms with E-state index in [1.54, 1.807) is 0 Å². The number of hydrogen-bond acceptors (Lipinski definition) is 3. The second-order valence-electron chi connectivity index (χ2n) is 5.60. The molecule has 0 fully saturated rings. The molecule has 5 heteroatoms. The lowest BCUT2D eigenvalue weighted by atomic mass is 10.1. The van der Waals surface area contributed by atoms with Crippen molar-refractivity contribution in [2.75, 3.05) is 13.2 Å². The van der Waals surface area contributed by atoms with Gasteiger partial charge in [-0.3, -0.25) is 0 Å². The summed E-state index contributed by atoms with van der Waals surface area (Å²) in [5.74, 6) is 0.433. The van der Waals surface area contributed by atoms with Crippen molar-refractivity contribution in [3.8, 4) is 11.4 Å². The van der Waals surface area contributed by atoms with E-state index in [0.29, 0.717) is 18.8 Å². The molecule has 3 rings (SSSR count). The SMILES string of the molecule is CCOC(=O)c1c(C)n(-c2ccc(Br)cc2)c2ccc(OCC)cc12. The van der Waals surface area contributed by atoms with Crippen molar-refractivity contribution < 1.29 is 14.3 Å². The van der Waals surface area contributed by atoms with E-state index in [1.165, 1.54) is 0 Å². The van der Waals surface area contributed by atoms with E-state index in [2.05, 4.69) is 20.5 Å². The van der Waals surface area contributed by atoms with Gasteiger partial charge < -0.3 is 14.0 Å². The van der Waals surface area contributed by atoms with Gasteiger partial charge in [-0.1, -0.05) is 15.9 Å². The van der Waals surface area contributed by atoms with Crippen LogP contribution in [0.25, 0.3) is 16.6 Å². The predicted octanol–water partition coefficient (Wildman–Crippen LogP) is 5.28. The molecule has 0 aliphatic heterocycles. The van der Waals surface area contributed by atoms with Gasteiger partial charge in [-0.2, -0.15) is 0 Å². The van der Waals surface area contributed by atoms with Gasteiger partial charge in [0.2, 0.25) is 0 Å². The Kier molecular flexibility index (Phi) is 5.13. The second-order valence-corrected chi connectivity index (χ2v) is 6.52. The summed E-state index contributed by atoms with van der Waals surface area (Å²) in [5.41, 5.74) is 3.38. The van der Waals surface area contributed by atoms with Gasteiger partial charge in [0.1, 0.15) is 5.75 Å². The van der Waals surface area contributed by atoms with Gasteiger partial charge in [-0.05, 0) is 63.2 Å². The molecule has 0 aliphatic rings. The standard InChI is InChI=1S/C20H20BrNO3/c1-4-24-16-10-11-18-17(12-16)19(20(23)25-5-2)13(3)22(18)15-8-6-14(21)7-9-15/h6-12H,4-5H2,1-3H3. The van der Waals surface area contributed by atoms with Crippen molar-refractivity contribution in [1.82, 2.24) is 4.57 Å².